The van der Waals surface area contributed by atoms with Gasteiger partial charge in [0, 0.05) is 0 Å². The monoisotopic (exact) mass is 382 g/mol. The van der Waals surface area contributed by atoms with Crippen LogP contribution in [0.25, 0.3) is 0 Å². The molecule has 1 aromatic rings. The van der Waals surface area contributed by atoms with E-state index in [2.05, 4.69) is 12.2 Å². The highest BCUT2D eigenvalue weighted by Crippen LogP contribution is 2.12. The number of benzene rings is 1. The number of carbonyl (C=O) groups excluding carboxylic acids is 2. The van der Waals surface area contributed by atoms with Gasteiger partial charge in [-0.1, -0.05) is 60.7 Å². The fraction of sp³-hybridized carbons (Fsp3) is 0.333. The first-order valence-corrected chi connectivity index (χ1v) is 9.66. The van der Waals surface area contributed by atoms with Crippen molar-refractivity contribution >= 4 is 11.9 Å². The molecule has 1 rings (SSSR count). The van der Waals surface area contributed by atoms with E-state index in [4.69, 9.17) is 9.47 Å². The number of allylic oxidation sites excluding steroid dienone is 6. The third-order valence-corrected chi connectivity index (χ3v) is 3.79. The quantitative estimate of drug-likeness (QED) is 0.259. The maximum absolute atomic E-state index is 12.3. The molecular weight excluding hydrogens is 352 g/mol. The van der Waals surface area contributed by atoms with E-state index in [9.17, 15) is 9.59 Å². The van der Waals surface area contributed by atoms with Crippen molar-refractivity contribution in [3.05, 3.63) is 84.0 Å². The van der Waals surface area contributed by atoms with Crippen LogP contribution in [0.2, 0.25) is 0 Å². The number of ether oxygens (including phenoxy) is 2. The van der Waals surface area contributed by atoms with Crippen LogP contribution < -0.4 is 0 Å². The minimum absolute atomic E-state index is 0.174. The van der Waals surface area contributed by atoms with E-state index in [-0.39, 0.29) is 24.3 Å². The van der Waals surface area contributed by atoms with Crippen LogP contribution in [0, 0.1) is 0 Å². The minimum atomic E-state index is -0.535. The Morgan fingerprint density at radius 2 is 1.07 bits per heavy atom. The zero-order valence-electron chi connectivity index (χ0n) is 16.8. The van der Waals surface area contributed by atoms with E-state index in [0.717, 1.165) is 25.7 Å². The second-order valence-corrected chi connectivity index (χ2v) is 5.98. The second kappa shape index (κ2) is 15.2. The molecule has 0 heterocycles. The Morgan fingerprint density at radius 3 is 1.46 bits per heavy atom. The van der Waals surface area contributed by atoms with Crippen molar-refractivity contribution in [1.82, 2.24) is 0 Å². The first-order chi connectivity index (χ1) is 13.7. The molecule has 28 heavy (non-hydrogen) atoms. The van der Waals surface area contributed by atoms with Crippen molar-refractivity contribution in [2.75, 3.05) is 13.2 Å². The molecule has 0 saturated carbocycles. The lowest BCUT2D eigenvalue weighted by Gasteiger charge is -2.08. The van der Waals surface area contributed by atoms with Crippen molar-refractivity contribution in [2.45, 2.75) is 39.5 Å². The van der Waals surface area contributed by atoms with Crippen LogP contribution in [0.1, 0.15) is 60.2 Å². The van der Waals surface area contributed by atoms with Gasteiger partial charge >= 0.3 is 11.9 Å². The van der Waals surface area contributed by atoms with Gasteiger partial charge in [-0.3, -0.25) is 0 Å². The second-order valence-electron chi connectivity index (χ2n) is 5.98. The highest BCUT2D eigenvalue weighted by atomic mass is 16.5. The molecule has 0 radical (unpaired) electrons. The van der Waals surface area contributed by atoms with Crippen LogP contribution in [-0.2, 0) is 9.47 Å². The predicted molar refractivity (Wildman–Crippen MR) is 113 cm³/mol. The molecule has 0 aliphatic rings. The molecule has 1 aromatic carbocycles. The minimum Gasteiger partial charge on any atom is -0.458 e. The van der Waals surface area contributed by atoms with E-state index in [0.29, 0.717) is 0 Å². The standard InChI is InChI=1S/C24H30O4/c1-3-5-7-9-11-15-19-27-23(25)21-17-13-14-18-22(21)24(26)28-20-16-12-10-8-6-4-2/h3-6,11-18H,7-10,19-20H2,1-2H3/b5-3+,6-4+,15-11+,16-12+. The van der Waals surface area contributed by atoms with Gasteiger partial charge in [0.1, 0.15) is 13.2 Å². The van der Waals surface area contributed by atoms with Crippen LogP contribution in [0.4, 0.5) is 0 Å². The van der Waals surface area contributed by atoms with E-state index < -0.39 is 11.9 Å². The molecule has 4 heteroatoms. The summed E-state index contributed by atoms with van der Waals surface area (Å²) >= 11 is 0. The summed E-state index contributed by atoms with van der Waals surface area (Å²) < 4.78 is 10.5. The van der Waals surface area contributed by atoms with Gasteiger partial charge < -0.3 is 9.47 Å². The molecule has 0 N–H and O–H groups in total. The molecule has 0 saturated heterocycles. The highest BCUT2D eigenvalue weighted by Gasteiger charge is 2.18. The molecule has 0 amide bonds. The van der Waals surface area contributed by atoms with Crippen LogP contribution >= 0.6 is 0 Å². The Hall–Kier alpha value is -2.88. The zero-order chi connectivity index (χ0) is 20.5. The van der Waals surface area contributed by atoms with Crippen molar-refractivity contribution in [3.63, 3.8) is 0 Å². The molecular formula is C24H30O4. The van der Waals surface area contributed by atoms with Gasteiger partial charge in [0.25, 0.3) is 0 Å². The number of hydrogen-bond donors (Lipinski definition) is 0. The summed E-state index contributed by atoms with van der Waals surface area (Å²) in [6.45, 7) is 4.31. The number of carbonyl (C=O) groups is 2. The Bertz CT molecular complexity index is 650. The number of hydrogen-bond acceptors (Lipinski definition) is 4. The summed E-state index contributed by atoms with van der Waals surface area (Å²) in [6.07, 6.45) is 19.4. The summed E-state index contributed by atoms with van der Waals surface area (Å²) in [5.74, 6) is -1.07. The average molecular weight is 383 g/mol. The van der Waals surface area contributed by atoms with E-state index >= 15 is 0 Å². The van der Waals surface area contributed by atoms with Crippen LogP contribution in [0.15, 0.2) is 72.9 Å². The SMILES string of the molecule is C/C=C/CC/C=C/COC(=O)c1ccccc1C(=O)OC/C=C/CC/C=C/C. The Morgan fingerprint density at radius 1 is 0.679 bits per heavy atom. The number of rotatable bonds is 12. The van der Waals surface area contributed by atoms with Crippen LogP contribution in [0.3, 0.4) is 0 Å². The van der Waals surface area contributed by atoms with Gasteiger partial charge in [0.05, 0.1) is 11.1 Å². The fourth-order valence-corrected chi connectivity index (χ4v) is 2.33. The predicted octanol–water partition coefficient (Wildman–Crippen LogP) is 5.83. The molecule has 0 bridgehead atoms. The molecule has 0 unspecified atom stereocenters. The van der Waals surface area contributed by atoms with E-state index in [1.807, 2.05) is 38.2 Å². The lowest BCUT2D eigenvalue weighted by Crippen LogP contribution is -2.14. The highest BCUT2D eigenvalue weighted by molar-refractivity contribution is 6.03. The van der Waals surface area contributed by atoms with Gasteiger partial charge in [-0.05, 0) is 51.7 Å². The molecule has 4 nitrogen and oxygen atoms in total. The molecule has 0 aliphatic carbocycles. The summed E-state index contributed by atoms with van der Waals surface area (Å²) in [4.78, 5) is 24.6. The first kappa shape index (κ1) is 23.2. The van der Waals surface area contributed by atoms with Gasteiger partial charge in [-0.2, -0.15) is 0 Å². The van der Waals surface area contributed by atoms with Crippen molar-refractivity contribution in [2.24, 2.45) is 0 Å². The van der Waals surface area contributed by atoms with Crippen LogP contribution in [-0.4, -0.2) is 25.2 Å². The number of esters is 2. The Labute approximate surface area is 168 Å². The summed E-state index contributed by atoms with van der Waals surface area (Å²) in [6, 6.07) is 6.53. The number of unbranched alkanes of at least 4 members (excludes halogenated alkanes) is 2. The first-order valence-electron chi connectivity index (χ1n) is 9.66. The largest absolute Gasteiger partial charge is 0.458 e. The summed E-state index contributed by atoms with van der Waals surface area (Å²) in [7, 11) is 0. The average Bonchev–Trinajstić information content (AvgIpc) is 2.72. The smallest absolute Gasteiger partial charge is 0.339 e. The Balaban J connectivity index is 2.51. The normalized spacial score (nSPS) is 11.8. The third kappa shape index (κ3) is 9.72. The van der Waals surface area contributed by atoms with E-state index in [1.165, 1.54) is 0 Å². The van der Waals surface area contributed by atoms with E-state index in [1.54, 1.807) is 36.4 Å². The molecule has 150 valence electrons. The maximum Gasteiger partial charge on any atom is 0.339 e. The maximum atomic E-state index is 12.3. The topological polar surface area (TPSA) is 52.6 Å². The molecule has 0 spiro atoms. The lowest BCUT2D eigenvalue weighted by atomic mass is 10.1. The zero-order valence-corrected chi connectivity index (χ0v) is 16.8. The van der Waals surface area contributed by atoms with Crippen molar-refractivity contribution < 1.29 is 19.1 Å². The van der Waals surface area contributed by atoms with Crippen LogP contribution in [0.5, 0.6) is 0 Å². The third-order valence-electron chi connectivity index (χ3n) is 3.79. The molecule has 0 fully saturated rings. The molecule has 0 atom stereocenters. The molecule has 0 aliphatic heterocycles. The van der Waals surface area contributed by atoms with Crippen molar-refractivity contribution in [1.29, 1.82) is 0 Å². The lowest BCUT2D eigenvalue weighted by molar-refractivity contribution is 0.0502. The fourth-order valence-electron chi connectivity index (χ4n) is 2.33. The summed E-state index contributed by atoms with van der Waals surface area (Å²) in [5.41, 5.74) is 0.429. The molecule has 0 aromatic heterocycles. The van der Waals surface area contributed by atoms with Gasteiger partial charge in [0.2, 0.25) is 0 Å². The Kier molecular flexibility index (Phi) is 12.6. The van der Waals surface area contributed by atoms with Gasteiger partial charge in [0.15, 0.2) is 0 Å². The van der Waals surface area contributed by atoms with Crippen molar-refractivity contribution in [3.8, 4) is 0 Å². The van der Waals surface area contributed by atoms with Gasteiger partial charge in [-0.15, -0.1) is 0 Å². The summed E-state index contributed by atoms with van der Waals surface area (Å²) in [5, 5.41) is 0. The van der Waals surface area contributed by atoms with Gasteiger partial charge in [-0.25, -0.2) is 9.59 Å².